The first-order valence-corrected chi connectivity index (χ1v) is 8.47. The molecule has 0 spiro atoms. The third-order valence-electron chi connectivity index (χ3n) is 4.78. The number of nitrogens with two attached hydrogens (primary N) is 1. The largest absolute Gasteiger partial charge is 0.376 e. The van der Waals surface area contributed by atoms with Gasteiger partial charge in [-0.2, -0.15) is 0 Å². The van der Waals surface area contributed by atoms with Gasteiger partial charge in [-0.25, -0.2) is 4.39 Å². The first-order valence-electron chi connectivity index (χ1n) is 8.47. The summed E-state index contributed by atoms with van der Waals surface area (Å²) in [5.41, 5.74) is 6.93. The third-order valence-corrected chi connectivity index (χ3v) is 4.78. The van der Waals surface area contributed by atoms with Gasteiger partial charge in [0.1, 0.15) is 5.82 Å². The minimum Gasteiger partial charge on any atom is -0.376 e. The summed E-state index contributed by atoms with van der Waals surface area (Å²) in [7, 11) is 0. The lowest BCUT2D eigenvalue weighted by Gasteiger charge is -2.36. The highest BCUT2D eigenvalue weighted by Crippen LogP contribution is 2.29. The number of rotatable bonds is 5. The Bertz CT molecular complexity index is 574. The number of carbonyl (C=O) groups excluding carboxylic acids is 1. The van der Waals surface area contributed by atoms with E-state index in [0.29, 0.717) is 30.2 Å². The summed E-state index contributed by atoms with van der Waals surface area (Å²) in [6, 6.07) is 4.83. The topological polar surface area (TPSA) is 55.6 Å². The molecule has 0 aromatic heterocycles. The summed E-state index contributed by atoms with van der Waals surface area (Å²) in [4.78, 5) is 14.5. The van der Waals surface area contributed by atoms with Crippen molar-refractivity contribution < 1.29 is 13.9 Å². The molecule has 0 unspecified atom stereocenters. The molecule has 0 radical (unpaired) electrons. The second-order valence-electron chi connectivity index (χ2n) is 6.90. The lowest BCUT2D eigenvalue weighted by molar-refractivity contribution is 0.0618. The van der Waals surface area contributed by atoms with Crippen molar-refractivity contribution in [3.8, 4) is 0 Å². The van der Waals surface area contributed by atoms with E-state index in [4.69, 9.17) is 10.5 Å². The van der Waals surface area contributed by atoms with Crippen LogP contribution in [0.2, 0.25) is 0 Å². The number of ether oxygens (including phenoxy) is 1. The highest BCUT2D eigenvalue weighted by atomic mass is 19.1. The zero-order chi connectivity index (χ0) is 16.4. The van der Waals surface area contributed by atoms with E-state index in [2.05, 4.69) is 0 Å². The molecule has 2 fully saturated rings. The Morgan fingerprint density at radius 3 is 2.87 bits per heavy atom. The Hall–Kier alpha value is -1.46. The number of likely N-dealkylation sites (tertiary alicyclic amines) is 1. The van der Waals surface area contributed by atoms with Crippen LogP contribution in [-0.2, 0) is 11.3 Å². The van der Waals surface area contributed by atoms with Crippen LogP contribution in [0.15, 0.2) is 18.2 Å². The Balaban J connectivity index is 1.67. The maximum Gasteiger partial charge on any atom is 0.254 e. The Kier molecular flexibility index (Phi) is 4.97. The van der Waals surface area contributed by atoms with Crippen LogP contribution < -0.4 is 5.73 Å². The molecule has 1 heterocycles. The summed E-state index contributed by atoms with van der Waals surface area (Å²) in [6.07, 6.45) is 4.03. The molecule has 5 heteroatoms. The predicted molar refractivity (Wildman–Crippen MR) is 86.5 cm³/mol. The van der Waals surface area contributed by atoms with Gasteiger partial charge >= 0.3 is 0 Å². The van der Waals surface area contributed by atoms with Crippen molar-refractivity contribution in [2.75, 3.05) is 13.2 Å². The van der Waals surface area contributed by atoms with E-state index < -0.39 is 0 Å². The maximum absolute atomic E-state index is 13.9. The highest BCUT2D eigenvalue weighted by molar-refractivity contribution is 5.94. The van der Waals surface area contributed by atoms with Gasteiger partial charge in [-0.1, -0.05) is 0 Å². The van der Waals surface area contributed by atoms with Crippen LogP contribution in [0.3, 0.4) is 0 Å². The highest BCUT2D eigenvalue weighted by Gasteiger charge is 2.28. The van der Waals surface area contributed by atoms with Crippen molar-refractivity contribution in [1.29, 1.82) is 0 Å². The molecule has 1 saturated heterocycles. The third kappa shape index (κ3) is 4.09. The van der Waals surface area contributed by atoms with E-state index in [1.54, 1.807) is 12.1 Å². The molecule has 1 aromatic carbocycles. The summed E-state index contributed by atoms with van der Waals surface area (Å²) >= 11 is 0. The smallest absolute Gasteiger partial charge is 0.254 e. The van der Waals surface area contributed by atoms with Crippen LogP contribution in [-0.4, -0.2) is 36.0 Å². The van der Waals surface area contributed by atoms with Gasteiger partial charge < -0.3 is 15.4 Å². The Labute approximate surface area is 136 Å². The van der Waals surface area contributed by atoms with Crippen molar-refractivity contribution in [3.63, 3.8) is 0 Å². The maximum atomic E-state index is 13.9. The minimum absolute atomic E-state index is 0.0483. The number of piperidine rings is 1. The standard InChI is InChI=1S/C18H25FN2O2/c1-12-8-16(20)6-7-21(12)18(22)14-4-5-17(19)15(9-14)11-23-10-13-2-3-13/h4-5,9,12-13,16H,2-3,6-8,10-11,20H2,1H3/t12-,16+/m0/s1. The molecular weight excluding hydrogens is 295 g/mol. The molecule has 2 aliphatic rings. The molecule has 1 aliphatic carbocycles. The van der Waals surface area contributed by atoms with Gasteiger partial charge in [-0.3, -0.25) is 4.79 Å². The SMILES string of the molecule is C[C@H]1C[C@H](N)CCN1C(=O)c1ccc(F)c(COCC2CC2)c1. The molecule has 1 aromatic rings. The fourth-order valence-corrected chi connectivity index (χ4v) is 3.11. The van der Waals surface area contributed by atoms with E-state index in [9.17, 15) is 9.18 Å². The average Bonchev–Trinajstić information content (AvgIpc) is 3.33. The average molecular weight is 320 g/mol. The number of benzene rings is 1. The number of carbonyl (C=O) groups is 1. The van der Waals surface area contributed by atoms with Gasteiger partial charge in [0.2, 0.25) is 0 Å². The van der Waals surface area contributed by atoms with Crippen molar-refractivity contribution in [2.45, 2.75) is 51.3 Å². The van der Waals surface area contributed by atoms with Gasteiger partial charge in [-0.05, 0) is 56.7 Å². The van der Waals surface area contributed by atoms with Crippen LogP contribution in [0.25, 0.3) is 0 Å². The van der Waals surface area contributed by atoms with Crippen molar-refractivity contribution >= 4 is 5.91 Å². The van der Waals surface area contributed by atoms with E-state index in [1.807, 2.05) is 11.8 Å². The molecule has 2 atom stereocenters. The fourth-order valence-electron chi connectivity index (χ4n) is 3.11. The van der Waals surface area contributed by atoms with E-state index in [0.717, 1.165) is 12.8 Å². The normalized spacial score (nSPS) is 24.7. The lowest BCUT2D eigenvalue weighted by Crippen LogP contribution is -2.48. The van der Waals surface area contributed by atoms with Crippen molar-refractivity contribution in [1.82, 2.24) is 4.90 Å². The second-order valence-corrected chi connectivity index (χ2v) is 6.90. The van der Waals surface area contributed by atoms with Gasteiger partial charge in [0, 0.05) is 36.4 Å². The lowest BCUT2D eigenvalue weighted by atomic mass is 9.98. The summed E-state index contributed by atoms with van der Waals surface area (Å²) in [5, 5.41) is 0. The van der Waals surface area contributed by atoms with Crippen LogP contribution in [0, 0.1) is 11.7 Å². The fraction of sp³-hybridized carbons (Fsp3) is 0.611. The molecular formula is C18H25FN2O2. The van der Waals surface area contributed by atoms with Crippen LogP contribution in [0.5, 0.6) is 0 Å². The molecule has 1 amide bonds. The van der Waals surface area contributed by atoms with Gasteiger partial charge in [0.05, 0.1) is 6.61 Å². The molecule has 4 nitrogen and oxygen atoms in total. The van der Waals surface area contributed by atoms with Gasteiger partial charge in [0.15, 0.2) is 0 Å². The molecule has 3 rings (SSSR count). The quantitative estimate of drug-likeness (QED) is 0.907. The number of halogens is 1. The molecule has 2 N–H and O–H groups in total. The predicted octanol–water partition coefficient (Wildman–Crippen LogP) is 2.70. The van der Waals surface area contributed by atoms with Crippen molar-refractivity contribution in [3.05, 3.63) is 35.1 Å². The zero-order valence-electron chi connectivity index (χ0n) is 13.6. The first-order chi connectivity index (χ1) is 11.0. The number of amides is 1. The van der Waals surface area contributed by atoms with Crippen LogP contribution >= 0.6 is 0 Å². The molecule has 1 aliphatic heterocycles. The molecule has 23 heavy (non-hydrogen) atoms. The van der Waals surface area contributed by atoms with E-state index in [1.165, 1.54) is 18.9 Å². The molecule has 1 saturated carbocycles. The number of hydrogen-bond donors (Lipinski definition) is 1. The van der Waals surface area contributed by atoms with E-state index in [-0.39, 0.29) is 30.4 Å². The summed E-state index contributed by atoms with van der Waals surface area (Å²) < 4.78 is 19.5. The Morgan fingerprint density at radius 2 is 2.17 bits per heavy atom. The summed E-state index contributed by atoms with van der Waals surface area (Å²) in [5.74, 6) is 0.278. The zero-order valence-corrected chi connectivity index (χ0v) is 13.6. The number of nitrogens with zero attached hydrogens (tertiary/aromatic N) is 1. The molecule has 0 bridgehead atoms. The monoisotopic (exact) mass is 320 g/mol. The first kappa shape index (κ1) is 16.4. The molecule has 126 valence electrons. The van der Waals surface area contributed by atoms with Gasteiger partial charge in [0.25, 0.3) is 5.91 Å². The second kappa shape index (κ2) is 6.97. The number of hydrogen-bond acceptors (Lipinski definition) is 3. The Morgan fingerprint density at radius 1 is 1.39 bits per heavy atom. The minimum atomic E-state index is -0.314. The van der Waals surface area contributed by atoms with Crippen molar-refractivity contribution in [2.24, 2.45) is 11.7 Å². The van der Waals surface area contributed by atoms with Gasteiger partial charge in [-0.15, -0.1) is 0 Å². The van der Waals surface area contributed by atoms with Crippen LogP contribution in [0.1, 0.15) is 48.5 Å². The summed E-state index contributed by atoms with van der Waals surface area (Å²) in [6.45, 7) is 3.58. The van der Waals surface area contributed by atoms with Crippen LogP contribution in [0.4, 0.5) is 4.39 Å². The van der Waals surface area contributed by atoms with E-state index >= 15 is 0 Å².